The molecule has 0 atom stereocenters. The SMILES string of the molecule is CC(=O)c1ccc2cc(C)c(C)cc2c1. The fraction of sp³-hybridized carbons (Fsp3) is 0.214. The van der Waals surface area contributed by atoms with Crippen LogP contribution in [0.4, 0.5) is 0 Å². The summed E-state index contributed by atoms with van der Waals surface area (Å²) in [5.74, 6) is 0.120. The van der Waals surface area contributed by atoms with E-state index in [0.29, 0.717) is 0 Å². The van der Waals surface area contributed by atoms with E-state index in [4.69, 9.17) is 0 Å². The number of carbonyl (C=O) groups is 1. The van der Waals surface area contributed by atoms with Crippen molar-refractivity contribution in [3.05, 3.63) is 47.0 Å². The Morgan fingerprint density at radius 2 is 1.53 bits per heavy atom. The van der Waals surface area contributed by atoms with E-state index in [0.717, 1.165) is 10.9 Å². The second-order valence-electron chi connectivity index (χ2n) is 4.05. The molecule has 0 saturated heterocycles. The van der Waals surface area contributed by atoms with Gasteiger partial charge in [0.1, 0.15) is 0 Å². The van der Waals surface area contributed by atoms with Gasteiger partial charge in [-0.1, -0.05) is 24.3 Å². The number of fused-ring (bicyclic) bond motifs is 1. The highest BCUT2D eigenvalue weighted by Gasteiger charge is 2.02. The number of hydrogen-bond donors (Lipinski definition) is 0. The molecule has 2 aromatic rings. The minimum absolute atomic E-state index is 0.120. The number of ketones is 1. The molecule has 0 bridgehead atoms. The molecule has 0 fully saturated rings. The summed E-state index contributed by atoms with van der Waals surface area (Å²) in [6.07, 6.45) is 0. The molecule has 0 N–H and O–H groups in total. The van der Waals surface area contributed by atoms with Crippen molar-refractivity contribution in [2.24, 2.45) is 0 Å². The molecular formula is C14H14O. The third kappa shape index (κ3) is 1.78. The first-order valence-electron chi connectivity index (χ1n) is 5.10. The van der Waals surface area contributed by atoms with Gasteiger partial charge in [0.25, 0.3) is 0 Å². The number of benzene rings is 2. The molecule has 0 aromatic heterocycles. The Balaban J connectivity index is 2.72. The first-order valence-corrected chi connectivity index (χ1v) is 5.10. The average molecular weight is 198 g/mol. The van der Waals surface area contributed by atoms with Gasteiger partial charge in [0.2, 0.25) is 0 Å². The van der Waals surface area contributed by atoms with Crippen LogP contribution in [-0.4, -0.2) is 5.78 Å². The van der Waals surface area contributed by atoms with Gasteiger partial charge in [-0.3, -0.25) is 4.79 Å². The Labute approximate surface area is 89.7 Å². The maximum Gasteiger partial charge on any atom is 0.159 e. The lowest BCUT2D eigenvalue weighted by Crippen LogP contribution is -1.91. The quantitative estimate of drug-likeness (QED) is 0.639. The second kappa shape index (κ2) is 3.50. The first-order chi connectivity index (χ1) is 7.08. The van der Waals surface area contributed by atoms with Gasteiger partial charge >= 0.3 is 0 Å². The smallest absolute Gasteiger partial charge is 0.159 e. The van der Waals surface area contributed by atoms with Crippen LogP contribution < -0.4 is 0 Å². The molecule has 1 nitrogen and oxygen atoms in total. The van der Waals surface area contributed by atoms with Crippen molar-refractivity contribution in [3.8, 4) is 0 Å². The molecule has 2 rings (SSSR count). The molecule has 0 saturated carbocycles. The minimum Gasteiger partial charge on any atom is -0.295 e. The molecule has 0 aliphatic carbocycles. The van der Waals surface area contributed by atoms with Crippen molar-refractivity contribution in [1.29, 1.82) is 0 Å². The number of hydrogen-bond acceptors (Lipinski definition) is 1. The van der Waals surface area contributed by atoms with E-state index in [1.807, 2.05) is 18.2 Å². The molecule has 1 heteroatoms. The Morgan fingerprint density at radius 3 is 2.13 bits per heavy atom. The second-order valence-corrected chi connectivity index (χ2v) is 4.05. The minimum atomic E-state index is 0.120. The standard InChI is InChI=1S/C14H14O/c1-9-6-13-5-4-12(11(3)15)8-14(13)7-10(9)2/h4-8H,1-3H3. The van der Waals surface area contributed by atoms with Crippen LogP contribution in [-0.2, 0) is 0 Å². The molecule has 2 aromatic carbocycles. The van der Waals surface area contributed by atoms with E-state index in [1.165, 1.54) is 16.5 Å². The predicted octanol–water partition coefficient (Wildman–Crippen LogP) is 3.66. The van der Waals surface area contributed by atoms with Gasteiger partial charge < -0.3 is 0 Å². The molecule has 0 amide bonds. The highest BCUT2D eigenvalue weighted by molar-refractivity contribution is 5.98. The third-order valence-electron chi connectivity index (χ3n) is 2.86. The van der Waals surface area contributed by atoms with E-state index in [9.17, 15) is 4.79 Å². The molecular weight excluding hydrogens is 184 g/mol. The average Bonchev–Trinajstić information content (AvgIpc) is 2.19. The summed E-state index contributed by atoms with van der Waals surface area (Å²) in [6.45, 7) is 5.80. The monoisotopic (exact) mass is 198 g/mol. The molecule has 0 radical (unpaired) electrons. The van der Waals surface area contributed by atoms with Crippen molar-refractivity contribution in [2.75, 3.05) is 0 Å². The molecule has 0 aliphatic rings. The van der Waals surface area contributed by atoms with Crippen molar-refractivity contribution in [3.63, 3.8) is 0 Å². The van der Waals surface area contributed by atoms with Crippen LogP contribution in [0.25, 0.3) is 10.8 Å². The van der Waals surface area contributed by atoms with Crippen molar-refractivity contribution in [2.45, 2.75) is 20.8 Å². The Morgan fingerprint density at radius 1 is 0.933 bits per heavy atom. The van der Waals surface area contributed by atoms with Crippen molar-refractivity contribution < 1.29 is 4.79 Å². The van der Waals surface area contributed by atoms with Crippen LogP contribution >= 0.6 is 0 Å². The summed E-state index contributed by atoms with van der Waals surface area (Å²) in [5, 5.41) is 2.34. The van der Waals surface area contributed by atoms with Gasteiger partial charge in [0.05, 0.1) is 0 Å². The van der Waals surface area contributed by atoms with Crippen molar-refractivity contribution >= 4 is 16.6 Å². The fourth-order valence-electron chi connectivity index (χ4n) is 1.74. The summed E-state index contributed by atoms with van der Waals surface area (Å²) < 4.78 is 0. The van der Waals surface area contributed by atoms with Crippen LogP contribution in [0.3, 0.4) is 0 Å². The van der Waals surface area contributed by atoms with E-state index in [2.05, 4.69) is 26.0 Å². The Kier molecular flexibility index (Phi) is 2.31. The van der Waals surface area contributed by atoms with Crippen LogP contribution in [0.5, 0.6) is 0 Å². The Hall–Kier alpha value is -1.63. The molecule has 0 aliphatic heterocycles. The maximum absolute atomic E-state index is 11.2. The van der Waals surface area contributed by atoms with Crippen LogP contribution in [0.15, 0.2) is 30.3 Å². The third-order valence-corrected chi connectivity index (χ3v) is 2.86. The van der Waals surface area contributed by atoms with E-state index < -0.39 is 0 Å². The zero-order chi connectivity index (χ0) is 11.0. The fourth-order valence-corrected chi connectivity index (χ4v) is 1.74. The lowest BCUT2D eigenvalue weighted by atomic mass is 10.00. The molecule has 0 heterocycles. The van der Waals surface area contributed by atoms with Gasteiger partial charge in [-0.05, 0) is 48.7 Å². The van der Waals surface area contributed by atoms with Crippen LogP contribution in [0.2, 0.25) is 0 Å². The lowest BCUT2D eigenvalue weighted by Gasteiger charge is -2.05. The lowest BCUT2D eigenvalue weighted by molar-refractivity contribution is 0.101. The van der Waals surface area contributed by atoms with Gasteiger partial charge in [-0.15, -0.1) is 0 Å². The molecule has 76 valence electrons. The summed E-state index contributed by atoms with van der Waals surface area (Å²) in [6, 6.07) is 10.2. The summed E-state index contributed by atoms with van der Waals surface area (Å²) in [4.78, 5) is 11.2. The van der Waals surface area contributed by atoms with Crippen LogP contribution in [0.1, 0.15) is 28.4 Å². The highest BCUT2D eigenvalue weighted by Crippen LogP contribution is 2.20. The number of Topliss-reactive ketones (excluding diaryl/α,β-unsaturated/α-hetero) is 1. The van der Waals surface area contributed by atoms with Gasteiger partial charge in [0, 0.05) is 5.56 Å². The Bertz CT molecular complexity index is 538. The molecule has 0 spiro atoms. The normalized spacial score (nSPS) is 10.6. The van der Waals surface area contributed by atoms with Crippen LogP contribution in [0, 0.1) is 13.8 Å². The summed E-state index contributed by atoms with van der Waals surface area (Å²) in [7, 11) is 0. The largest absolute Gasteiger partial charge is 0.295 e. The number of rotatable bonds is 1. The first kappa shape index (κ1) is 9.91. The zero-order valence-electron chi connectivity index (χ0n) is 9.29. The maximum atomic E-state index is 11.2. The molecule has 15 heavy (non-hydrogen) atoms. The molecule has 0 unspecified atom stereocenters. The highest BCUT2D eigenvalue weighted by atomic mass is 16.1. The summed E-state index contributed by atoms with van der Waals surface area (Å²) in [5.41, 5.74) is 3.34. The van der Waals surface area contributed by atoms with E-state index >= 15 is 0 Å². The van der Waals surface area contributed by atoms with Gasteiger partial charge in [-0.25, -0.2) is 0 Å². The topological polar surface area (TPSA) is 17.1 Å². The van der Waals surface area contributed by atoms with Gasteiger partial charge in [-0.2, -0.15) is 0 Å². The van der Waals surface area contributed by atoms with Gasteiger partial charge in [0.15, 0.2) is 5.78 Å². The van der Waals surface area contributed by atoms with E-state index in [1.54, 1.807) is 6.92 Å². The number of carbonyl (C=O) groups excluding carboxylic acids is 1. The predicted molar refractivity (Wildman–Crippen MR) is 63.4 cm³/mol. The van der Waals surface area contributed by atoms with Crippen molar-refractivity contribution in [1.82, 2.24) is 0 Å². The number of aryl methyl sites for hydroxylation is 2. The van der Waals surface area contributed by atoms with E-state index in [-0.39, 0.29) is 5.78 Å². The zero-order valence-corrected chi connectivity index (χ0v) is 9.29. The summed E-state index contributed by atoms with van der Waals surface area (Å²) >= 11 is 0.